The summed E-state index contributed by atoms with van der Waals surface area (Å²) in [6.07, 6.45) is 1.56. The molecule has 0 spiro atoms. The molecule has 3 aromatic carbocycles. The normalized spacial score (nSPS) is 11.6. The second kappa shape index (κ2) is 11.2. The quantitative estimate of drug-likeness (QED) is 0.197. The summed E-state index contributed by atoms with van der Waals surface area (Å²) in [5, 5.41) is 13.6. The van der Waals surface area contributed by atoms with E-state index >= 15 is 0 Å². The first-order valence-electron chi connectivity index (χ1n) is 11.6. The van der Waals surface area contributed by atoms with Gasteiger partial charge in [-0.1, -0.05) is 87.1 Å². The van der Waals surface area contributed by atoms with Gasteiger partial charge in [0.15, 0.2) is 11.0 Å². The third-order valence-corrected chi connectivity index (χ3v) is 6.45. The van der Waals surface area contributed by atoms with E-state index in [1.165, 1.54) is 17.3 Å². The van der Waals surface area contributed by atoms with Gasteiger partial charge in [-0.3, -0.25) is 9.36 Å². The molecule has 0 aliphatic carbocycles. The van der Waals surface area contributed by atoms with E-state index in [9.17, 15) is 4.79 Å². The van der Waals surface area contributed by atoms with Crippen molar-refractivity contribution < 1.29 is 9.53 Å². The van der Waals surface area contributed by atoms with Crippen molar-refractivity contribution >= 4 is 23.9 Å². The predicted octanol–water partition coefficient (Wildman–Crippen LogP) is 5.48. The number of hydrogen-bond donors (Lipinski definition) is 1. The van der Waals surface area contributed by atoms with Gasteiger partial charge < -0.3 is 4.74 Å². The fraction of sp³-hybridized carbons (Fsp3) is 0.214. The number of amides is 1. The molecule has 4 rings (SSSR count). The minimum Gasteiger partial charge on any atom is -0.496 e. The lowest BCUT2D eigenvalue weighted by atomic mass is 9.87. The van der Waals surface area contributed by atoms with E-state index in [-0.39, 0.29) is 17.1 Å². The van der Waals surface area contributed by atoms with Crippen LogP contribution < -0.4 is 10.2 Å². The summed E-state index contributed by atoms with van der Waals surface area (Å²) in [6.45, 7) is 6.57. The first kappa shape index (κ1) is 25.2. The van der Waals surface area contributed by atoms with Gasteiger partial charge in [0.2, 0.25) is 0 Å². The van der Waals surface area contributed by atoms with Crippen LogP contribution in [0.1, 0.15) is 31.9 Å². The molecule has 0 bridgehead atoms. The summed E-state index contributed by atoms with van der Waals surface area (Å²) >= 11 is 1.31. The third kappa shape index (κ3) is 6.01. The van der Waals surface area contributed by atoms with Crippen molar-refractivity contribution in [2.75, 3.05) is 12.9 Å². The molecule has 184 valence electrons. The maximum Gasteiger partial charge on any atom is 0.250 e. The zero-order chi connectivity index (χ0) is 25.5. The Morgan fingerprint density at radius 1 is 1.00 bits per heavy atom. The number of carbonyl (C=O) groups excluding carboxylic acids is 1. The van der Waals surface area contributed by atoms with Gasteiger partial charge in [-0.15, -0.1) is 10.2 Å². The van der Waals surface area contributed by atoms with Crippen LogP contribution in [0.2, 0.25) is 0 Å². The van der Waals surface area contributed by atoms with Crippen LogP contribution in [-0.2, 0) is 10.2 Å². The van der Waals surface area contributed by atoms with Crippen molar-refractivity contribution in [1.82, 2.24) is 20.2 Å². The molecule has 4 aromatic rings. The van der Waals surface area contributed by atoms with Crippen LogP contribution >= 0.6 is 11.8 Å². The number of rotatable bonds is 8. The Bertz CT molecular complexity index is 1340. The van der Waals surface area contributed by atoms with E-state index in [1.807, 2.05) is 59.2 Å². The van der Waals surface area contributed by atoms with E-state index in [4.69, 9.17) is 4.74 Å². The van der Waals surface area contributed by atoms with Crippen LogP contribution in [-0.4, -0.2) is 39.7 Å². The van der Waals surface area contributed by atoms with Crippen molar-refractivity contribution in [3.05, 3.63) is 90.0 Å². The zero-order valence-electron chi connectivity index (χ0n) is 20.8. The lowest BCUT2D eigenvalue weighted by Crippen LogP contribution is -2.20. The van der Waals surface area contributed by atoms with Crippen molar-refractivity contribution in [3.63, 3.8) is 0 Å². The summed E-state index contributed by atoms with van der Waals surface area (Å²) < 4.78 is 7.27. The second-order valence-electron chi connectivity index (χ2n) is 9.13. The topological polar surface area (TPSA) is 81.4 Å². The van der Waals surface area contributed by atoms with Crippen molar-refractivity contribution in [1.29, 1.82) is 0 Å². The molecule has 0 fully saturated rings. The minimum atomic E-state index is -0.246. The Kier molecular flexibility index (Phi) is 7.85. The lowest BCUT2D eigenvalue weighted by molar-refractivity contribution is -0.118. The lowest BCUT2D eigenvalue weighted by Gasteiger charge is -2.19. The molecule has 7 nitrogen and oxygen atoms in total. The van der Waals surface area contributed by atoms with E-state index < -0.39 is 0 Å². The van der Waals surface area contributed by atoms with Crippen molar-refractivity contribution in [3.8, 4) is 22.8 Å². The number of carbonyl (C=O) groups is 1. The monoisotopic (exact) mass is 499 g/mol. The number of benzene rings is 3. The average molecular weight is 500 g/mol. The highest BCUT2D eigenvalue weighted by Crippen LogP contribution is 2.30. The van der Waals surface area contributed by atoms with E-state index in [1.54, 1.807) is 13.3 Å². The molecular formula is C28H29N5O2S. The molecule has 8 heteroatoms. The summed E-state index contributed by atoms with van der Waals surface area (Å²) in [5.41, 5.74) is 6.54. The van der Waals surface area contributed by atoms with E-state index in [2.05, 4.69) is 65.8 Å². The Morgan fingerprint density at radius 2 is 1.69 bits per heavy atom. The number of aromatic nitrogens is 3. The number of methoxy groups -OCH3 is 1. The highest BCUT2D eigenvalue weighted by molar-refractivity contribution is 7.99. The van der Waals surface area contributed by atoms with Gasteiger partial charge in [-0.05, 0) is 35.2 Å². The van der Waals surface area contributed by atoms with Gasteiger partial charge in [0, 0.05) is 16.8 Å². The van der Waals surface area contributed by atoms with Gasteiger partial charge >= 0.3 is 0 Å². The van der Waals surface area contributed by atoms with E-state index in [0.29, 0.717) is 10.9 Å². The number of hydrogen-bond acceptors (Lipinski definition) is 6. The van der Waals surface area contributed by atoms with Crippen molar-refractivity contribution in [2.45, 2.75) is 31.3 Å². The predicted molar refractivity (Wildman–Crippen MR) is 145 cm³/mol. The average Bonchev–Trinajstić information content (AvgIpc) is 3.32. The molecular weight excluding hydrogens is 470 g/mol. The summed E-state index contributed by atoms with van der Waals surface area (Å²) in [5.74, 6) is 1.30. The zero-order valence-corrected chi connectivity index (χ0v) is 21.6. The molecule has 1 amide bonds. The Hall–Kier alpha value is -3.91. The number of nitrogens with zero attached hydrogens (tertiary/aromatic N) is 4. The molecule has 0 saturated heterocycles. The fourth-order valence-electron chi connectivity index (χ4n) is 3.59. The number of hydrazone groups is 1. The van der Waals surface area contributed by atoms with Gasteiger partial charge in [0.05, 0.1) is 19.1 Å². The first-order valence-corrected chi connectivity index (χ1v) is 12.5. The van der Waals surface area contributed by atoms with Gasteiger partial charge in [0.25, 0.3) is 5.91 Å². The molecule has 1 N–H and O–H groups in total. The molecule has 0 atom stereocenters. The number of para-hydroxylation sites is 2. The standard InChI is InChI=1S/C28H29N5O2S/c1-28(2,3)22-16-14-20(15-17-22)26-31-32-27(33(26)23-11-6-5-7-12-23)36-19-25(34)30-29-18-21-10-8-9-13-24(21)35-4/h5-18H,19H2,1-4H3,(H,30,34)/b29-18-. The Balaban J connectivity index is 1.51. The number of nitrogens with one attached hydrogen (secondary N) is 1. The molecule has 0 aliphatic heterocycles. The summed E-state index contributed by atoms with van der Waals surface area (Å²) in [6, 6.07) is 25.7. The van der Waals surface area contributed by atoms with Gasteiger partial charge in [-0.25, -0.2) is 5.43 Å². The molecule has 1 heterocycles. The Labute approximate surface area is 215 Å². The van der Waals surface area contributed by atoms with Crippen LogP contribution in [0, 0.1) is 0 Å². The van der Waals surface area contributed by atoms with Crippen LogP contribution in [0.5, 0.6) is 5.75 Å². The Morgan fingerprint density at radius 3 is 2.39 bits per heavy atom. The highest BCUT2D eigenvalue weighted by atomic mass is 32.2. The fourth-order valence-corrected chi connectivity index (χ4v) is 4.33. The SMILES string of the molecule is COc1ccccc1/C=N\NC(=O)CSc1nnc(-c2ccc(C(C)(C)C)cc2)n1-c1ccccc1. The molecule has 36 heavy (non-hydrogen) atoms. The number of thioether (sulfide) groups is 1. The van der Waals surface area contributed by atoms with Gasteiger partial charge in [-0.2, -0.15) is 5.10 Å². The molecule has 0 unspecified atom stereocenters. The number of ether oxygens (including phenoxy) is 1. The molecule has 0 saturated carbocycles. The van der Waals surface area contributed by atoms with Crippen LogP contribution in [0.25, 0.3) is 17.1 Å². The van der Waals surface area contributed by atoms with Crippen LogP contribution in [0.4, 0.5) is 0 Å². The maximum atomic E-state index is 12.5. The van der Waals surface area contributed by atoms with Crippen LogP contribution in [0.15, 0.2) is 89.1 Å². The van der Waals surface area contributed by atoms with Crippen molar-refractivity contribution in [2.24, 2.45) is 5.10 Å². The molecule has 0 aliphatic rings. The first-order chi connectivity index (χ1) is 17.4. The summed E-state index contributed by atoms with van der Waals surface area (Å²) in [4.78, 5) is 12.5. The summed E-state index contributed by atoms with van der Waals surface area (Å²) in [7, 11) is 1.60. The van der Waals surface area contributed by atoms with Gasteiger partial charge in [0.1, 0.15) is 5.75 Å². The highest BCUT2D eigenvalue weighted by Gasteiger charge is 2.19. The molecule has 1 aromatic heterocycles. The third-order valence-electron chi connectivity index (χ3n) is 5.52. The van der Waals surface area contributed by atoms with Crippen LogP contribution in [0.3, 0.4) is 0 Å². The minimum absolute atomic E-state index is 0.0636. The second-order valence-corrected chi connectivity index (χ2v) is 10.1. The smallest absolute Gasteiger partial charge is 0.250 e. The maximum absolute atomic E-state index is 12.5. The molecule has 0 radical (unpaired) electrons. The van der Waals surface area contributed by atoms with E-state index in [0.717, 1.165) is 22.6 Å². The largest absolute Gasteiger partial charge is 0.496 e.